The molecule has 0 saturated carbocycles. The maximum absolute atomic E-state index is 11.6. The van der Waals surface area contributed by atoms with Crippen molar-refractivity contribution in [1.29, 1.82) is 0 Å². The van der Waals surface area contributed by atoms with Gasteiger partial charge in [0.15, 0.2) is 5.82 Å². The van der Waals surface area contributed by atoms with E-state index < -0.39 is 0 Å². The van der Waals surface area contributed by atoms with Crippen LogP contribution in [0, 0.1) is 0 Å². The Morgan fingerprint density at radius 3 is 2.56 bits per heavy atom. The number of aromatic nitrogens is 5. The predicted octanol–water partition coefficient (Wildman–Crippen LogP) is 3.61. The fourth-order valence-electron chi connectivity index (χ4n) is 3.02. The summed E-state index contributed by atoms with van der Waals surface area (Å²) >= 11 is 0. The third-order valence-corrected chi connectivity index (χ3v) is 4.31. The van der Waals surface area contributed by atoms with Crippen LogP contribution in [0.2, 0.25) is 0 Å². The summed E-state index contributed by atoms with van der Waals surface area (Å²) in [5.41, 5.74) is 2.39. The van der Waals surface area contributed by atoms with E-state index in [4.69, 9.17) is 0 Å². The Labute approximate surface area is 152 Å². The highest BCUT2D eigenvalue weighted by atomic mass is 16.1. The highest BCUT2D eigenvalue weighted by Gasteiger charge is 2.07. The lowest BCUT2D eigenvalue weighted by Gasteiger charge is -2.08. The lowest BCUT2D eigenvalue weighted by molar-refractivity contribution is 1.08. The molecule has 0 amide bonds. The summed E-state index contributed by atoms with van der Waals surface area (Å²) in [6.07, 6.45) is 0. The molecule has 0 fully saturated rings. The molecule has 5 rings (SSSR count). The van der Waals surface area contributed by atoms with Crippen LogP contribution in [0.1, 0.15) is 0 Å². The minimum atomic E-state index is -0.132. The molecule has 8 nitrogen and oxygen atoms in total. The smallest absolute Gasteiger partial charge is 0.271 e. The topological polar surface area (TPSA) is 114 Å². The molecule has 0 spiro atoms. The molecule has 3 heterocycles. The molecule has 0 radical (unpaired) electrons. The number of nitrogens with one attached hydrogen (secondary N) is 5. The van der Waals surface area contributed by atoms with Crippen LogP contribution >= 0.6 is 0 Å². The van der Waals surface area contributed by atoms with Crippen molar-refractivity contribution in [2.75, 3.05) is 10.6 Å². The van der Waals surface area contributed by atoms with E-state index in [-0.39, 0.29) is 5.56 Å². The maximum atomic E-state index is 11.6. The first-order valence-corrected chi connectivity index (χ1v) is 8.41. The Morgan fingerprint density at radius 2 is 1.63 bits per heavy atom. The standard InChI is InChI=1S/C19H15N7O/c27-19-13-9-8-11(10-15(13)24-26-19)20-16-6-3-7-17(21-16)22-18-12-4-1-2-5-14(12)23-25-18/h1-10H,(H2,24,26,27)(H3,20,21,22,23,25). The Hall–Kier alpha value is -4.07. The molecule has 5 aromatic rings. The number of H-pyrrole nitrogens is 3. The molecular weight excluding hydrogens is 342 g/mol. The third-order valence-electron chi connectivity index (χ3n) is 4.31. The van der Waals surface area contributed by atoms with Crippen molar-refractivity contribution >= 4 is 44.9 Å². The highest BCUT2D eigenvalue weighted by Crippen LogP contribution is 2.24. The van der Waals surface area contributed by atoms with Gasteiger partial charge < -0.3 is 10.6 Å². The van der Waals surface area contributed by atoms with E-state index in [2.05, 4.69) is 36.0 Å². The van der Waals surface area contributed by atoms with Crippen LogP contribution in [0.15, 0.2) is 65.5 Å². The van der Waals surface area contributed by atoms with Gasteiger partial charge in [-0.05, 0) is 42.5 Å². The second kappa shape index (κ2) is 6.03. The fraction of sp³-hybridized carbons (Fsp3) is 0. The number of hydrogen-bond acceptors (Lipinski definition) is 5. The Morgan fingerprint density at radius 1 is 0.778 bits per heavy atom. The summed E-state index contributed by atoms with van der Waals surface area (Å²) in [7, 11) is 0. The SMILES string of the molecule is O=c1[nH][nH]c2cc(Nc3cccc(Nc4n[nH]c5ccccc45)n3)ccc12. The molecule has 0 aliphatic rings. The van der Waals surface area contributed by atoms with E-state index in [9.17, 15) is 4.79 Å². The molecule has 27 heavy (non-hydrogen) atoms. The number of para-hydroxylation sites is 1. The van der Waals surface area contributed by atoms with Gasteiger partial charge in [0.05, 0.1) is 16.4 Å². The number of nitrogens with zero attached hydrogens (tertiary/aromatic N) is 2. The number of fused-ring (bicyclic) bond motifs is 2. The van der Waals surface area contributed by atoms with Crippen molar-refractivity contribution in [3.05, 3.63) is 71.0 Å². The molecule has 8 heteroatoms. The molecule has 2 aromatic carbocycles. The first-order valence-electron chi connectivity index (χ1n) is 8.41. The van der Waals surface area contributed by atoms with Gasteiger partial charge in [-0.15, -0.1) is 0 Å². The summed E-state index contributed by atoms with van der Waals surface area (Å²) in [5, 5.41) is 20.8. The first-order chi connectivity index (χ1) is 13.3. The van der Waals surface area contributed by atoms with Crippen molar-refractivity contribution in [2.24, 2.45) is 0 Å². The molecule has 0 atom stereocenters. The van der Waals surface area contributed by atoms with Crippen LogP contribution in [-0.4, -0.2) is 25.4 Å². The normalized spacial score (nSPS) is 11.1. The van der Waals surface area contributed by atoms with Crippen LogP contribution in [0.4, 0.5) is 23.1 Å². The van der Waals surface area contributed by atoms with Crippen LogP contribution in [0.5, 0.6) is 0 Å². The van der Waals surface area contributed by atoms with Crippen molar-refractivity contribution in [3.63, 3.8) is 0 Å². The second-order valence-corrected chi connectivity index (χ2v) is 6.12. The number of aromatic amines is 3. The molecule has 0 unspecified atom stereocenters. The molecule has 0 bridgehead atoms. The van der Waals surface area contributed by atoms with Crippen LogP contribution < -0.4 is 16.2 Å². The van der Waals surface area contributed by atoms with Gasteiger partial charge in [-0.3, -0.25) is 20.1 Å². The van der Waals surface area contributed by atoms with E-state index in [1.807, 2.05) is 54.6 Å². The highest BCUT2D eigenvalue weighted by molar-refractivity contribution is 5.91. The molecule has 3 aromatic heterocycles. The molecule has 0 aliphatic heterocycles. The van der Waals surface area contributed by atoms with Crippen molar-refractivity contribution in [3.8, 4) is 0 Å². The minimum Gasteiger partial charge on any atom is -0.340 e. The molecule has 132 valence electrons. The lowest BCUT2D eigenvalue weighted by Crippen LogP contribution is -1.99. The van der Waals surface area contributed by atoms with Gasteiger partial charge in [0.2, 0.25) is 0 Å². The van der Waals surface area contributed by atoms with Gasteiger partial charge in [-0.2, -0.15) is 5.10 Å². The number of anilines is 4. The largest absolute Gasteiger partial charge is 0.340 e. The fourth-order valence-corrected chi connectivity index (χ4v) is 3.02. The van der Waals surface area contributed by atoms with Crippen molar-refractivity contribution in [2.45, 2.75) is 0 Å². The number of rotatable bonds is 4. The van der Waals surface area contributed by atoms with Crippen LogP contribution in [-0.2, 0) is 0 Å². The number of pyridine rings is 1. The zero-order valence-corrected chi connectivity index (χ0v) is 14.1. The average molecular weight is 357 g/mol. The Bertz CT molecular complexity index is 1310. The quantitative estimate of drug-likeness (QED) is 0.337. The van der Waals surface area contributed by atoms with E-state index in [0.29, 0.717) is 17.0 Å². The van der Waals surface area contributed by atoms with Crippen LogP contribution in [0.3, 0.4) is 0 Å². The maximum Gasteiger partial charge on any atom is 0.271 e. The molecular formula is C19H15N7O. The predicted molar refractivity (Wildman–Crippen MR) is 106 cm³/mol. The van der Waals surface area contributed by atoms with Gasteiger partial charge in [0.25, 0.3) is 5.56 Å². The molecule has 0 aliphatic carbocycles. The summed E-state index contributed by atoms with van der Waals surface area (Å²) < 4.78 is 0. The van der Waals surface area contributed by atoms with Gasteiger partial charge in [-0.1, -0.05) is 18.2 Å². The van der Waals surface area contributed by atoms with E-state index in [0.717, 1.165) is 27.9 Å². The second-order valence-electron chi connectivity index (χ2n) is 6.12. The zero-order chi connectivity index (χ0) is 18.2. The monoisotopic (exact) mass is 357 g/mol. The third kappa shape index (κ3) is 2.78. The van der Waals surface area contributed by atoms with E-state index in [1.54, 1.807) is 6.07 Å². The number of hydrogen-bond donors (Lipinski definition) is 5. The summed E-state index contributed by atoms with van der Waals surface area (Å²) in [6, 6.07) is 19.0. The Balaban J connectivity index is 1.42. The van der Waals surface area contributed by atoms with Crippen molar-refractivity contribution in [1.82, 2.24) is 25.4 Å². The van der Waals surface area contributed by atoms with Gasteiger partial charge >= 0.3 is 0 Å². The first kappa shape index (κ1) is 15.2. The van der Waals surface area contributed by atoms with Crippen LogP contribution in [0.25, 0.3) is 21.8 Å². The van der Waals surface area contributed by atoms with E-state index in [1.165, 1.54) is 0 Å². The van der Waals surface area contributed by atoms with Crippen molar-refractivity contribution < 1.29 is 0 Å². The minimum absolute atomic E-state index is 0.132. The lowest BCUT2D eigenvalue weighted by atomic mass is 10.2. The molecule has 5 N–H and O–H groups in total. The summed E-state index contributed by atoms with van der Waals surface area (Å²) in [4.78, 5) is 16.2. The summed E-state index contributed by atoms with van der Waals surface area (Å²) in [6.45, 7) is 0. The zero-order valence-electron chi connectivity index (χ0n) is 14.1. The van der Waals surface area contributed by atoms with Gasteiger partial charge in [0.1, 0.15) is 11.6 Å². The summed E-state index contributed by atoms with van der Waals surface area (Å²) in [5.74, 6) is 2.08. The Kier molecular flexibility index (Phi) is 3.39. The average Bonchev–Trinajstić information content (AvgIpc) is 3.26. The molecule has 0 saturated heterocycles. The number of benzene rings is 2. The van der Waals surface area contributed by atoms with Gasteiger partial charge in [-0.25, -0.2) is 4.98 Å². The van der Waals surface area contributed by atoms with Gasteiger partial charge in [0, 0.05) is 11.1 Å². The van der Waals surface area contributed by atoms with E-state index >= 15 is 0 Å².